The Kier molecular flexibility index (Phi) is 8.81. The maximum absolute atomic E-state index is 13.0. The van der Waals surface area contributed by atoms with Gasteiger partial charge in [0.25, 0.3) is 0 Å². The highest BCUT2D eigenvalue weighted by Crippen LogP contribution is 2.34. The van der Waals surface area contributed by atoms with Gasteiger partial charge in [-0.15, -0.1) is 0 Å². The molecule has 44 heavy (non-hydrogen) atoms. The maximum atomic E-state index is 13.0. The zero-order chi connectivity index (χ0) is 30.5. The van der Waals surface area contributed by atoms with Crippen molar-refractivity contribution in [1.82, 2.24) is 30.0 Å². The summed E-state index contributed by atoms with van der Waals surface area (Å²) in [5.74, 6) is 0.969. The molecule has 1 saturated heterocycles. The molecule has 0 spiro atoms. The normalized spacial score (nSPS) is 17.3. The summed E-state index contributed by atoms with van der Waals surface area (Å²) in [7, 11) is 0. The molecule has 1 aliphatic heterocycles. The van der Waals surface area contributed by atoms with Crippen molar-refractivity contribution in [1.29, 1.82) is 0 Å². The molecule has 2 aromatic heterocycles. The number of fused-ring (bicyclic) bond motifs is 2. The predicted molar refractivity (Wildman–Crippen MR) is 176 cm³/mol. The number of hydrogen-bond donors (Lipinski definition) is 3. The lowest BCUT2D eigenvalue weighted by atomic mass is 10.1. The number of nitrogens with zero attached hydrogens (tertiary/aromatic N) is 5. The van der Waals surface area contributed by atoms with Crippen LogP contribution in [0.25, 0.3) is 21.8 Å². The van der Waals surface area contributed by atoms with Gasteiger partial charge in [-0.3, -0.25) is 14.4 Å². The Bertz CT molecular complexity index is 1780. The van der Waals surface area contributed by atoms with E-state index in [1.807, 2.05) is 60.3 Å². The van der Waals surface area contributed by atoms with E-state index in [1.165, 1.54) is 11.9 Å². The molecule has 226 valence electrons. The van der Waals surface area contributed by atoms with Gasteiger partial charge in [0.1, 0.15) is 17.9 Å². The molecule has 3 heterocycles. The fraction of sp³-hybridized carbons (Fsp3) is 0.294. The highest BCUT2D eigenvalue weighted by molar-refractivity contribution is 6.03. The number of anilines is 3. The lowest BCUT2D eigenvalue weighted by molar-refractivity contribution is -0.111. The number of carbonyl (C=O) groups excluding carboxylic acids is 1. The fourth-order valence-electron chi connectivity index (χ4n) is 5.81. The van der Waals surface area contributed by atoms with Crippen molar-refractivity contribution in [2.24, 2.45) is 0 Å². The van der Waals surface area contributed by atoms with Crippen LogP contribution in [-0.4, -0.2) is 68.9 Å². The number of piperazine rings is 1. The summed E-state index contributed by atoms with van der Waals surface area (Å²) in [5.41, 5.74) is 4.39. The van der Waals surface area contributed by atoms with Crippen molar-refractivity contribution in [3.8, 4) is 5.75 Å². The van der Waals surface area contributed by atoms with Crippen molar-refractivity contribution < 1.29 is 9.53 Å². The molecule has 2 atom stereocenters. The van der Waals surface area contributed by atoms with Crippen LogP contribution in [0.3, 0.4) is 0 Å². The highest BCUT2D eigenvalue weighted by atomic mass is 16.5. The number of benzene rings is 3. The minimum atomic E-state index is -0.217. The van der Waals surface area contributed by atoms with E-state index < -0.39 is 0 Å². The van der Waals surface area contributed by atoms with Gasteiger partial charge in [-0.25, -0.2) is 9.97 Å². The Morgan fingerprint density at radius 3 is 2.68 bits per heavy atom. The summed E-state index contributed by atoms with van der Waals surface area (Å²) in [6, 6.07) is 21.0. The van der Waals surface area contributed by atoms with E-state index in [0.29, 0.717) is 48.0 Å². The number of rotatable bonds is 10. The van der Waals surface area contributed by atoms with Crippen LogP contribution < -0.4 is 20.7 Å². The first-order valence-corrected chi connectivity index (χ1v) is 15.1. The van der Waals surface area contributed by atoms with Gasteiger partial charge < -0.3 is 20.7 Å². The molecule has 0 radical (unpaired) electrons. The second-order valence-corrected chi connectivity index (χ2v) is 11.3. The van der Waals surface area contributed by atoms with Crippen molar-refractivity contribution in [3.63, 3.8) is 0 Å². The summed E-state index contributed by atoms with van der Waals surface area (Å²) >= 11 is 0. The maximum Gasteiger partial charge on any atom is 0.248 e. The van der Waals surface area contributed by atoms with Crippen LogP contribution in [0, 0.1) is 0 Å². The van der Waals surface area contributed by atoms with Crippen LogP contribution >= 0.6 is 0 Å². The molecule has 10 heteroatoms. The van der Waals surface area contributed by atoms with Crippen LogP contribution in [0.5, 0.6) is 5.75 Å². The number of nitrogens with one attached hydrogen (secondary N) is 3. The van der Waals surface area contributed by atoms with Crippen LogP contribution in [-0.2, 0) is 11.3 Å². The van der Waals surface area contributed by atoms with Gasteiger partial charge in [-0.05, 0) is 50.6 Å². The van der Waals surface area contributed by atoms with Gasteiger partial charge in [0.05, 0.1) is 36.1 Å². The number of hydrogen-bond acceptors (Lipinski definition) is 8. The van der Waals surface area contributed by atoms with Crippen molar-refractivity contribution >= 4 is 44.9 Å². The van der Waals surface area contributed by atoms with E-state index in [0.717, 1.165) is 41.6 Å². The van der Waals surface area contributed by atoms with Crippen LogP contribution in [0.2, 0.25) is 0 Å². The molecule has 10 nitrogen and oxygen atoms in total. The van der Waals surface area contributed by atoms with Crippen LogP contribution in [0.4, 0.5) is 17.2 Å². The van der Waals surface area contributed by atoms with Crippen molar-refractivity contribution in [3.05, 3.63) is 90.9 Å². The molecule has 3 aromatic carbocycles. The van der Waals surface area contributed by atoms with E-state index in [-0.39, 0.29) is 5.91 Å². The quantitative estimate of drug-likeness (QED) is 0.187. The van der Waals surface area contributed by atoms with Gasteiger partial charge in [0, 0.05) is 60.3 Å². The zero-order valence-corrected chi connectivity index (χ0v) is 25.3. The van der Waals surface area contributed by atoms with Crippen molar-refractivity contribution in [2.75, 3.05) is 36.9 Å². The molecule has 1 fully saturated rings. The first kappa shape index (κ1) is 29.3. The standard InChI is InChI=1S/C34H38N8O2/c1-4-44-32-17-29-28(16-30(32)40-33(43)11-8-14-41-19-23(2)38-24(3)20-41)34(36-22-35-29)39-27-12-13-31-26(15-27)18-37-42(31)21-25-9-6-5-7-10-25/h5-13,15-18,22-24,38H,4,14,19-21H2,1-3H3,(H,40,43)(H,35,36,39)/b11-8+/t23-,24+. The average Bonchev–Trinajstić information content (AvgIpc) is 3.39. The summed E-state index contributed by atoms with van der Waals surface area (Å²) in [6.45, 7) is 10.1. The number of carbonyl (C=O) groups is 1. The molecular weight excluding hydrogens is 552 g/mol. The minimum absolute atomic E-state index is 0.217. The molecule has 0 bridgehead atoms. The van der Waals surface area contributed by atoms with E-state index in [4.69, 9.17) is 4.74 Å². The van der Waals surface area contributed by atoms with E-state index in [2.05, 4.69) is 74.0 Å². The lowest BCUT2D eigenvalue weighted by Gasteiger charge is -2.35. The summed E-state index contributed by atoms with van der Waals surface area (Å²) < 4.78 is 7.87. The van der Waals surface area contributed by atoms with Crippen LogP contribution in [0.1, 0.15) is 26.3 Å². The van der Waals surface area contributed by atoms with Gasteiger partial charge >= 0.3 is 0 Å². The Labute approximate surface area is 257 Å². The molecule has 3 N–H and O–H groups in total. The molecule has 0 saturated carbocycles. The molecule has 5 aromatic rings. The van der Waals surface area contributed by atoms with Gasteiger partial charge in [-0.2, -0.15) is 5.10 Å². The summed E-state index contributed by atoms with van der Waals surface area (Å²) in [4.78, 5) is 24.3. The highest BCUT2D eigenvalue weighted by Gasteiger charge is 2.20. The van der Waals surface area contributed by atoms with E-state index in [1.54, 1.807) is 6.08 Å². The molecule has 1 aliphatic rings. The first-order chi connectivity index (χ1) is 21.4. The number of ether oxygens (including phenoxy) is 1. The molecule has 1 amide bonds. The SMILES string of the molecule is CCOc1cc2ncnc(Nc3ccc4c(cnn4Cc4ccccc4)c3)c2cc1NC(=O)/C=C/CN1C[C@@H](C)N[C@@H](C)C1. The Morgan fingerprint density at radius 1 is 1.07 bits per heavy atom. The minimum Gasteiger partial charge on any atom is -0.492 e. The Balaban J connectivity index is 1.20. The van der Waals surface area contributed by atoms with E-state index in [9.17, 15) is 4.79 Å². The molecular formula is C34H38N8O2. The first-order valence-electron chi connectivity index (χ1n) is 15.1. The molecule has 0 unspecified atom stereocenters. The average molecular weight is 591 g/mol. The predicted octanol–water partition coefficient (Wildman–Crippen LogP) is 5.35. The number of aromatic nitrogens is 4. The second-order valence-electron chi connectivity index (χ2n) is 11.3. The second kappa shape index (κ2) is 13.2. The van der Waals surface area contributed by atoms with Crippen molar-refractivity contribution in [2.45, 2.75) is 39.4 Å². The third kappa shape index (κ3) is 6.88. The Hall–Kier alpha value is -4.80. The Morgan fingerprint density at radius 2 is 1.89 bits per heavy atom. The summed E-state index contributed by atoms with van der Waals surface area (Å²) in [6.07, 6.45) is 6.90. The molecule has 6 rings (SSSR count). The largest absolute Gasteiger partial charge is 0.492 e. The van der Waals surface area contributed by atoms with Crippen LogP contribution in [0.15, 0.2) is 85.3 Å². The third-order valence-electron chi connectivity index (χ3n) is 7.64. The third-order valence-corrected chi connectivity index (χ3v) is 7.64. The summed E-state index contributed by atoms with van der Waals surface area (Å²) in [5, 5.41) is 16.4. The number of amides is 1. The van der Waals surface area contributed by atoms with Gasteiger partial charge in [0.2, 0.25) is 5.91 Å². The van der Waals surface area contributed by atoms with E-state index >= 15 is 0 Å². The monoisotopic (exact) mass is 590 g/mol. The smallest absolute Gasteiger partial charge is 0.248 e. The van der Waals surface area contributed by atoms with Gasteiger partial charge in [-0.1, -0.05) is 36.4 Å². The lowest BCUT2D eigenvalue weighted by Crippen LogP contribution is -2.54. The topological polar surface area (TPSA) is 109 Å². The van der Waals surface area contributed by atoms with Gasteiger partial charge in [0.15, 0.2) is 0 Å². The molecule has 0 aliphatic carbocycles. The fourth-order valence-corrected chi connectivity index (χ4v) is 5.81. The zero-order valence-electron chi connectivity index (χ0n) is 25.3.